The lowest BCUT2D eigenvalue weighted by Gasteiger charge is -2.54. The first-order valence-electron chi connectivity index (χ1n) is 12.0. The van der Waals surface area contributed by atoms with Crippen molar-refractivity contribution in [2.24, 2.45) is 11.3 Å². The zero-order chi connectivity index (χ0) is 23.3. The lowest BCUT2D eigenvalue weighted by atomic mass is 9.68. The van der Waals surface area contributed by atoms with E-state index in [1.165, 1.54) is 0 Å². The van der Waals surface area contributed by atoms with Crippen LogP contribution in [0.15, 0.2) is 36.4 Å². The zero-order valence-electron chi connectivity index (χ0n) is 19.7. The maximum absolute atomic E-state index is 15.6. The molecule has 0 unspecified atom stereocenters. The molecule has 33 heavy (non-hydrogen) atoms. The van der Waals surface area contributed by atoms with Crippen LogP contribution < -0.4 is 4.74 Å². The van der Waals surface area contributed by atoms with Crippen LogP contribution >= 0.6 is 0 Å². The maximum atomic E-state index is 15.6. The summed E-state index contributed by atoms with van der Waals surface area (Å²) in [6.07, 6.45) is 2.86. The van der Waals surface area contributed by atoms with Crippen molar-refractivity contribution in [2.45, 2.75) is 51.6 Å². The van der Waals surface area contributed by atoms with E-state index >= 15 is 4.39 Å². The number of halogens is 1. The van der Waals surface area contributed by atoms with Gasteiger partial charge < -0.3 is 14.7 Å². The Hall–Kier alpha value is -2.60. The van der Waals surface area contributed by atoms with E-state index < -0.39 is 6.09 Å². The lowest BCUT2D eigenvalue weighted by Crippen LogP contribution is -2.61. The Morgan fingerprint density at radius 3 is 2.61 bits per heavy atom. The van der Waals surface area contributed by atoms with E-state index in [1.807, 2.05) is 30.3 Å². The van der Waals surface area contributed by atoms with E-state index in [-0.39, 0.29) is 23.3 Å². The molecule has 1 aliphatic carbocycles. The smallest absolute Gasteiger partial charge is 0.408 e. The highest BCUT2D eigenvalue weighted by Gasteiger charge is 2.48. The summed E-state index contributed by atoms with van der Waals surface area (Å²) in [5.41, 5.74) is 2.90. The summed E-state index contributed by atoms with van der Waals surface area (Å²) in [4.78, 5) is 16.8. The van der Waals surface area contributed by atoms with Crippen molar-refractivity contribution >= 4 is 6.09 Å². The van der Waals surface area contributed by atoms with Crippen LogP contribution in [0.4, 0.5) is 9.18 Å². The number of carboxylic acid groups (broad SMARTS) is 1. The molecule has 2 aromatic carbocycles. The fourth-order valence-electron chi connectivity index (χ4n) is 6.35. The SMILES string of the molecule is COc1cccc(-c2cc3c(cc2F)[C@H](N(C(=O)O)[C@@H]2CN4CCC2CC4)C(C)(C)CC3)c1. The molecule has 2 bridgehead atoms. The molecule has 1 N–H and O–H groups in total. The molecule has 2 aromatic rings. The molecule has 6 heteroatoms. The molecule has 0 spiro atoms. The van der Waals surface area contributed by atoms with Crippen LogP contribution in [0.3, 0.4) is 0 Å². The summed E-state index contributed by atoms with van der Waals surface area (Å²) in [5, 5.41) is 10.4. The van der Waals surface area contributed by atoms with Gasteiger partial charge in [0.1, 0.15) is 11.6 Å². The number of hydrogen-bond acceptors (Lipinski definition) is 3. The second-order valence-corrected chi connectivity index (χ2v) is 10.5. The molecular weight excluding hydrogens is 419 g/mol. The van der Waals surface area contributed by atoms with Crippen molar-refractivity contribution in [1.82, 2.24) is 9.80 Å². The first-order valence-corrected chi connectivity index (χ1v) is 12.0. The van der Waals surface area contributed by atoms with Gasteiger partial charge in [-0.3, -0.25) is 4.90 Å². The van der Waals surface area contributed by atoms with Gasteiger partial charge in [-0.25, -0.2) is 9.18 Å². The van der Waals surface area contributed by atoms with E-state index in [0.717, 1.165) is 62.0 Å². The van der Waals surface area contributed by atoms with Crippen molar-refractivity contribution < 1.29 is 19.0 Å². The number of piperidine rings is 3. The molecule has 3 fully saturated rings. The third-order valence-corrected chi connectivity index (χ3v) is 8.16. The minimum atomic E-state index is -0.892. The average Bonchev–Trinajstić information content (AvgIpc) is 2.81. The highest BCUT2D eigenvalue weighted by Crippen LogP contribution is 2.50. The highest BCUT2D eigenvalue weighted by atomic mass is 19.1. The monoisotopic (exact) mass is 452 g/mol. The van der Waals surface area contributed by atoms with E-state index in [4.69, 9.17) is 4.74 Å². The third-order valence-electron chi connectivity index (χ3n) is 8.16. The van der Waals surface area contributed by atoms with Gasteiger partial charge in [0.25, 0.3) is 0 Å². The van der Waals surface area contributed by atoms with Gasteiger partial charge in [0, 0.05) is 12.1 Å². The number of benzene rings is 2. The second-order valence-electron chi connectivity index (χ2n) is 10.5. The molecule has 1 amide bonds. The van der Waals surface area contributed by atoms with Gasteiger partial charge in [0.05, 0.1) is 19.2 Å². The van der Waals surface area contributed by atoms with Crippen LogP contribution in [0.25, 0.3) is 11.1 Å². The van der Waals surface area contributed by atoms with Gasteiger partial charge in [-0.1, -0.05) is 26.0 Å². The summed E-state index contributed by atoms with van der Waals surface area (Å²) in [5.74, 6) is 0.750. The van der Waals surface area contributed by atoms with Crippen LogP contribution in [-0.4, -0.2) is 53.8 Å². The van der Waals surface area contributed by atoms with Crippen LogP contribution in [0.1, 0.15) is 50.3 Å². The quantitative estimate of drug-likeness (QED) is 0.657. The Morgan fingerprint density at radius 1 is 1.21 bits per heavy atom. The molecule has 3 heterocycles. The van der Waals surface area contributed by atoms with Crippen molar-refractivity contribution in [3.63, 3.8) is 0 Å². The molecule has 2 atom stereocenters. The molecule has 6 rings (SSSR count). The molecule has 0 aromatic heterocycles. The normalized spacial score (nSPS) is 27.6. The Labute approximate surface area is 195 Å². The van der Waals surface area contributed by atoms with Crippen LogP contribution in [0, 0.1) is 17.2 Å². The maximum Gasteiger partial charge on any atom is 0.408 e. The van der Waals surface area contributed by atoms with Crippen molar-refractivity contribution in [1.29, 1.82) is 0 Å². The molecule has 176 valence electrons. The summed E-state index contributed by atoms with van der Waals surface area (Å²) in [6.45, 7) is 7.15. The van der Waals surface area contributed by atoms with E-state index in [9.17, 15) is 9.90 Å². The number of hydrogen-bond donors (Lipinski definition) is 1. The molecule has 0 radical (unpaired) electrons. The predicted octanol–water partition coefficient (Wildman–Crippen LogP) is 5.59. The van der Waals surface area contributed by atoms with Gasteiger partial charge in [0.15, 0.2) is 0 Å². The summed E-state index contributed by atoms with van der Waals surface area (Å²) >= 11 is 0. The van der Waals surface area contributed by atoms with Crippen molar-refractivity contribution in [3.05, 3.63) is 53.3 Å². The van der Waals surface area contributed by atoms with Crippen LogP contribution in [-0.2, 0) is 6.42 Å². The molecular formula is C27H33FN2O3. The number of fused-ring (bicyclic) bond motifs is 4. The van der Waals surface area contributed by atoms with E-state index in [2.05, 4.69) is 18.7 Å². The van der Waals surface area contributed by atoms with Gasteiger partial charge in [-0.15, -0.1) is 0 Å². The first-order chi connectivity index (χ1) is 15.8. The summed E-state index contributed by atoms with van der Waals surface area (Å²) < 4.78 is 20.9. The number of nitrogens with zero attached hydrogens (tertiary/aromatic N) is 2. The predicted molar refractivity (Wildman–Crippen MR) is 126 cm³/mol. The lowest BCUT2D eigenvalue weighted by molar-refractivity contribution is -0.0353. The minimum Gasteiger partial charge on any atom is -0.497 e. The van der Waals surface area contributed by atoms with Crippen LogP contribution in [0.2, 0.25) is 0 Å². The Balaban J connectivity index is 1.59. The number of carbonyl (C=O) groups is 1. The fraction of sp³-hybridized carbons (Fsp3) is 0.519. The topological polar surface area (TPSA) is 53.0 Å². The van der Waals surface area contributed by atoms with Gasteiger partial charge in [0.2, 0.25) is 0 Å². The third kappa shape index (κ3) is 3.88. The Kier molecular flexibility index (Phi) is 5.60. The fourth-order valence-corrected chi connectivity index (χ4v) is 6.35. The number of amides is 1. The molecule has 0 saturated carbocycles. The minimum absolute atomic E-state index is 0.0404. The first kappa shape index (κ1) is 22.2. The number of methoxy groups -OCH3 is 1. The number of ether oxygens (including phenoxy) is 1. The highest BCUT2D eigenvalue weighted by molar-refractivity contribution is 5.70. The Bertz CT molecular complexity index is 1060. The van der Waals surface area contributed by atoms with Gasteiger partial charge in [-0.2, -0.15) is 0 Å². The Morgan fingerprint density at radius 2 is 1.97 bits per heavy atom. The number of rotatable bonds is 4. The van der Waals surface area contributed by atoms with Gasteiger partial charge in [-0.05, 0) is 91.1 Å². The standard InChI is InChI=1S/C27H33FN2O3/c1-27(2)10-7-19-14-21(18-5-4-6-20(13-18)33-3)23(28)15-22(19)25(27)30(26(31)32)24-16-29-11-8-17(24)9-12-29/h4-6,13-15,17,24-25H,7-12,16H2,1-3H3,(H,31,32)/t24-,25+/m1/s1. The number of aryl methyl sites for hydroxylation is 1. The van der Waals surface area contributed by atoms with E-state index in [1.54, 1.807) is 18.1 Å². The molecule has 3 aliphatic heterocycles. The van der Waals surface area contributed by atoms with Gasteiger partial charge >= 0.3 is 6.09 Å². The average molecular weight is 453 g/mol. The summed E-state index contributed by atoms with van der Waals surface area (Å²) in [7, 11) is 1.60. The zero-order valence-corrected chi connectivity index (χ0v) is 19.7. The van der Waals surface area contributed by atoms with Crippen molar-refractivity contribution in [3.8, 4) is 16.9 Å². The molecule has 3 saturated heterocycles. The molecule has 5 nitrogen and oxygen atoms in total. The van der Waals surface area contributed by atoms with Crippen molar-refractivity contribution in [2.75, 3.05) is 26.7 Å². The largest absolute Gasteiger partial charge is 0.497 e. The van der Waals surface area contributed by atoms with E-state index in [0.29, 0.717) is 17.2 Å². The second kappa shape index (κ2) is 8.32. The molecule has 4 aliphatic rings. The van der Waals surface area contributed by atoms with Crippen LogP contribution in [0.5, 0.6) is 5.75 Å². The summed E-state index contributed by atoms with van der Waals surface area (Å²) in [6, 6.07) is 10.6.